The number of hydrogen-bond acceptors (Lipinski definition) is 3. The van der Waals surface area contributed by atoms with Gasteiger partial charge in [0, 0.05) is 5.56 Å². The van der Waals surface area contributed by atoms with E-state index in [0.717, 1.165) is 17.4 Å². The standard InChI is InChI=1S/C13H16N2O/c1-13(2,3)10-4-5-11-9(6-10)7-14-15-12(11)8-16/h4-8,12,15H,1-3H3. The number of nitrogens with zero attached hydrogens (tertiary/aromatic N) is 1. The lowest BCUT2D eigenvalue weighted by atomic mass is 9.84. The first-order valence-electron chi connectivity index (χ1n) is 5.40. The highest BCUT2D eigenvalue weighted by Crippen LogP contribution is 2.27. The Morgan fingerprint density at radius 2 is 2.12 bits per heavy atom. The average molecular weight is 216 g/mol. The van der Waals surface area contributed by atoms with Crippen LogP contribution in [0.4, 0.5) is 0 Å². The van der Waals surface area contributed by atoms with Crippen molar-refractivity contribution in [2.24, 2.45) is 5.10 Å². The van der Waals surface area contributed by atoms with Crippen LogP contribution >= 0.6 is 0 Å². The van der Waals surface area contributed by atoms with Gasteiger partial charge in [0.2, 0.25) is 0 Å². The molecule has 1 aliphatic rings. The summed E-state index contributed by atoms with van der Waals surface area (Å²) >= 11 is 0. The molecule has 0 aliphatic carbocycles. The van der Waals surface area contributed by atoms with Gasteiger partial charge in [0.25, 0.3) is 0 Å². The number of nitrogens with one attached hydrogen (secondary N) is 1. The van der Waals surface area contributed by atoms with Gasteiger partial charge in [0.1, 0.15) is 12.3 Å². The van der Waals surface area contributed by atoms with E-state index in [1.807, 2.05) is 6.07 Å². The maximum Gasteiger partial charge on any atom is 0.148 e. The summed E-state index contributed by atoms with van der Waals surface area (Å²) in [7, 11) is 0. The van der Waals surface area contributed by atoms with Crippen LogP contribution in [0, 0.1) is 0 Å². The molecule has 1 aliphatic heterocycles. The summed E-state index contributed by atoms with van der Waals surface area (Å²) in [5.41, 5.74) is 6.18. The fraction of sp³-hybridized carbons (Fsp3) is 0.385. The van der Waals surface area contributed by atoms with Crippen molar-refractivity contribution >= 4 is 12.5 Å². The van der Waals surface area contributed by atoms with Crippen molar-refractivity contribution in [1.29, 1.82) is 0 Å². The van der Waals surface area contributed by atoms with Crippen molar-refractivity contribution in [3.8, 4) is 0 Å². The summed E-state index contributed by atoms with van der Waals surface area (Å²) in [5.74, 6) is 0. The summed E-state index contributed by atoms with van der Waals surface area (Å²) in [5, 5.41) is 3.99. The normalized spacial score (nSPS) is 18.8. The number of hydrogen-bond donors (Lipinski definition) is 1. The average Bonchev–Trinajstić information content (AvgIpc) is 2.26. The van der Waals surface area contributed by atoms with Gasteiger partial charge in [-0.1, -0.05) is 32.9 Å². The first kappa shape index (κ1) is 10.9. The molecular formula is C13H16N2O. The topological polar surface area (TPSA) is 41.5 Å². The smallest absolute Gasteiger partial charge is 0.148 e. The molecule has 0 bridgehead atoms. The molecule has 1 N–H and O–H groups in total. The van der Waals surface area contributed by atoms with Crippen LogP contribution in [-0.4, -0.2) is 12.5 Å². The van der Waals surface area contributed by atoms with Crippen molar-refractivity contribution < 1.29 is 4.79 Å². The predicted molar refractivity (Wildman–Crippen MR) is 64.7 cm³/mol. The Hall–Kier alpha value is -1.64. The quantitative estimate of drug-likeness (QED) is 0.731. The fourth-order valence-corrected chi connectivity index (χ4v) is 1.80. The van der Waals surface area contributed by atoms with Crippen LogP contribution in [0.25, 0.3) is 0 Å². The van der Waals surface area contributed by atoms with E-state index in [-0.39, 0.29) is 11.5 Å². The summed E-state index contributed by atoms with van der Waals surface area (Å²) in [4.78, 5) is 10.9. The lowest BCUT2D eigenvalue weighted by Gasteiger charge is -2.23. The second-order valence-corrected chi connectivity index (χ2v) is 5.09. The third kappa shape index (κ3) is 1.85. The maximum atomic E-state index is 10.9. The van der Waals surface area contributed by atoms with E-state index in [2.05, 4.69) is 43.4 Å². The van der Waals surface area contributed by atoms with E-state index in [0.29, 0.717) is 0 Å². The van der Waals surface area contributed by atoms with E-state index >= 15 is 0 Å². The van der Waals surface area contributed by atoms with Gasteiger partial charge in [-0.25, -0.2) is 0 Å². The minimum atomic E-state index is -0.311. The van der Waals surface area contributed by atoms with Crippen LogP contribution < -0.4 is 5.43 Å². The summed E-state index contributed by atoms with van der Waals surface area (Å²) in [6.45, 7) is 6.51. The van der Waals surface area contributed by atoms with E-state index in [9.17, 15) is 4.79 Å². The minimum absolute atomic E-state index is 0.115. The number of aldehydes is 1. The van der Waals surface area contributed by atoms with Crippen LogP contribution in [-0.2, 0) is 10.2 Å². The molecule has 1 aromatic carbocycles. The van der Waals surface area contributed by atoms with Gasteiger partial charge in [0.05, 0.1) is 6.21 Å². The molecule has 0 amide bonds. The molecule has 1 heterocycles. The van der Waals surface area contributed by atoms with Crippen LogP contribution in [0.3, 0.4) is 0 Å². The zero-order valence-corrected chi connectivity index (χ0v) is 9.82. The molecule has 16 heavy (non-hydrogen) atoms. The van der Waals surface area contributed by atoms with Gasteiger partial charge >= 0.3 is 0 Å². The Kier molecular flexibility index (Phi) is 2.54. The summed E-state index contributed by atoms with van der Waals surface area (Å²) in [6, 6.07) is 5.88. The highest BCUT2D eigenvalue weighted by molar-refractivity contribution is 5.85. The van der Waals surface area contributed by atoms with Gasteiger partial charge in [-0.05, 0) is 22.6 Å². The first-order valence-corrected chi connectivity index (χ1v) is 5.40. The zero-order chi connectivity index (χ0) is 11.8. The molecule has 1 unspecified atom stereocenters. The molecule has 0 radical (unpaired) electrons. The van der Waals surface area contributed by atoms with Crippen molar-refractivity contribution in [1.82, 2.24) is 5.43 Å². The molecule has 3 nitrogen and oxygen atoms in total. The summed E-state index contributed by atoms with van der Waals surface area (Å²) < 4.78 is 0. The highest BCUT2D eigenvalue weighted by atomic mass is 16.1. The second-order valence-electron chi connectivity index (χ2n) is 5.09. The lowest BCUT2D eigenvalue weighted by Crippen LogP contribution is -2.23. The first-order chi connectivity index (χ1) is 7.52. The molecule has 2 rings (SSSR count). The maximum absolute atomic E-state index is 10.9. The number of carbonyl (C=O) groups excluding carboxylic acids is 1. The Labute approximate surface area is 95.6 Å². The fourth-order valence-electron chi connectivity index (χ4n) is 1.80. The van der Waals surface area contributed by atoms with Gasteiger partial charge < -0.3 is 4.79 Å². The number of carbonyl (C=O) groups is 1. The van der Waals surface area contributed by atoms with Gasteiger partial charge in [-0.2, -0.15) is 5.10 Å². The van der Waals surface area contributed by atoms with Crippen molar-refractivity contribution in [2.45, 2.75) is 32.2 Å². The summed E-state index contributed by atoms with van der Waals surface area (Å²) in [6.07, 6.45) is 2.65. The van der Waals surface area contributed by atoms with E-state index < -0.39 is 0 Å². The van der Waals surface area contributed by atoms with E-state index in [1.54, 1.807) is 6.21 Å². The molecule has 84 valence electrons. The molecule has 0 saturated heterocycles. The Morgan fingerprint density at radius 1 is 1.38 bits per heavy atom. The minimum Gasteiger partial charge on any atom is -0.301 e. The third-order valence-electron chi connectivity index (χ3n) is 2.84. The highest BCUT2D eigenvalue weighted by Gasteiger charge is 2.20. The molecule has 0 spiro atoms. The molecule has 1 aromatic rings. The number of hydrazone groups is 1. The number of rotatable bonds is 1. The van der Waals surface area contributed by atoms with Crippen LogP contribution in [0.2, 0.25) is 0 Å². The van der Waals surface area contributed by atoms with Crippen molar-refractivity contribution in [3.05, 3.63) is 34.9 Å². The van der Waals surface area contributed by atoms with E-state index in [1.165, 1.54) is 5.56 Å². The molecule has 0 aromatic heterocycles. The van der Waals surface area contributed by atoms with Crippen molar-refractivity contribution in [3.63, 3.8) is 0 Å². The van der Waals surface area contributed by atoms with Gasteiger partial charge in [-0.3, -0.25) is 5.43 Å². The Bertz CT molecular complexity index is 444. The van der Waals surface area contributed by atoms with Gasteiger partial charge in [0.15, 0.2) is 0 Å². The van der Waals surface area contributed by atoms with Crippen LogP contribution in [0.1, 0.15) is 43.5 Å². The van der Waals surface area contributed by atoms with Crippen molar-refractivity contribution in [2.75, 3.05) is 0 Å². The van der Waals surface area contributed by atoms with Crippen LogP contribution in [0.5, 0.6) is 0 Å². The molecule has 0 fully saturated rings. The SMILES string of the molecule is CC(C)(C)c1ccc2c(c1)C=NNC2C=O. The molecule has 3 heteroatoms. The second kappa shape index (κ2) is 3.74. The lowest BCUT2D eigenvalue weighted by molar-refractivity contribution is -0.109. The Balaban J connectivity index is 2.48. The third-order valence-corrected chi connectivity index (χ3v) is 2.84. The van der Waals surface area contributed by atoms with E-state index in [4.69, 9.17) is 0 Å². The molecule has 0 saturated carbocycles. The number of benzene rings is 1. The zero-order valence-electron chi connectivity index (χ0n) is 9.82. The largest absolute Gasteiger partial charge is 0.301 e. The predicted octanol–water partition coefficient (Wildman–Crippen LogP) is 2.16. The Morgan fingerprint density at radius 3 is 2.75 bits per heavy atom. The van der Waals surface area contributed by atoms with Gasteiger partial charge in [-0.15, -0.1) is 0 Å². The molecular weight excluding hydrogens is 200 g/mol. The van der Waals surface area contributed by atoms with Crippen LogP contribution in [0.15, 0.2) is 23.3 Å². The number of fused-ring (bicyclic) bond motifs is 1. The molecule has 1 atom stereocenters. The monoisotopic (exact) mass is 216 g/mol.